The van der Waals surface area contributed by atoms with Crippen molar-refractivity contribution < 1.29 is 4.52 Å². The lowest BCUT2D eigenvalue weighted by Gasteiger charge is -2.19. The summed E-state index contributed by atoms with van der Waals surface area (Å²) in [6.45, 7) is 1.08. The monoisotopic (exact) mass is 221 g/mol. The number of nitrogens with zero attached hydrogens (tertiary/aromatic N) is 2. The third-order valence-electron chi connectivity index (χ3n) is 3.79. The minimum Gasteiger partial charge on any atom is -0.338 e. The van der Waals surface area contributed by atoms with Crippen LogP contribution in [0.3, 0.4) is 0 Å². The Morgan fingerprint density at radius 1 is 1.06 bits per heavy atom. The zero-order chi connectivity index (χ0) is 10.8. The van der Waals surface area contributed by atoms with E-state index in [-0.39, 0.29) is 0 Å². The molecule has 3 rings (SSSR count). The second-order valence-electron chi connectivity index (χ2n) is 4.97. The van der Waals surface area contributed by atoms with Gasteiger partial charge < -0.3 is 9.84 Å². The van der Waals surface area contributed by atoms with Gasteiger partial charge in [0, 0.05) is 5.92 Å². The molecule has 1 aromatic rings. The van der Waals surface area contributed by atoms with Crippen LogP contribution in [-0.4, -0.2) is 16.7 Å². The average Bonchev–Trinajstić information content (AvgIpc) is 3.01. The van der Waals surface area contributed by atoms with Crippen LogP contribution in [0.2, 0.25) is 0 Å². The molecule has 0 amide bonds. The first-order valence-electron chi connectivity index (χ1n) is 6.50. The Kier molecular flexibility index (Phi) is 2.91. The standard InChI is InChI=1S/C12H19N3O/c1-2-6-9(5-1)11-14-12(16-15-11)10-7-3-4-8-13-10/h9-10,13H,1-8H2/t10-/m0/s1. The summed E-state index contributed by atoms with van der Waals surface area (Å²) >= 11 is 0. The predicted molar refractivity (Wildman–Crippen MR) is 60.1 cm³/mol. The molecule has 2 fully saturated rings. The summed E-state index contributed by atoms with van der Waals surface area (Å²) in [5.74, 6) is 2.31. The maximum absolute atomic E-state index is 5.39. The highest BCUT2D eigenvalue weighted by Gasteiger charge is 2.25. The molecule has 4 heteroatoms. The summed E-state index contributed by atoms with van der Waals surface area (Å²) in [6.07, 6.45) is 8.76. The Morgan fingerprint density at radius 3 is 2.62 bits per heavy atom. The van der Waals surface area contributed by atoms with Crippen LogP contribution in [0.15, 0.2) is 4.52 Å². The third-order valence-corrected chi connectivity index (χ3v) is 3.79. The molecule has 0 unspecified atom stereocenters. The summed E-state index contributed by atoms with van der Waals surface area (Å²) in [4.78, 5) is 4.58. The van der Waals surface area contributed by atoms with Crippen LogP contribution >= 0.6 is 0 Å². The van der Waals surface area contributed by atoms with Crippen LogP contribution < -0.4 is 5.32 Å². The molecule has 1 saturated heterocycles. The fourth-order valence-corrected chi connectivity index (χ4v) is 2.80. The summed E-state index contributed by atoms with van der Waals surface area (Å²) < 4.78 is 5.39. The van der Waals surface area contributed by atoms with Crippen LogP contribution in [0.4, 0.5) is 0 Å². The summed E-state index contributed by atoms with van der Waals surface area (Å²) in [6, 6.07) is 0.302. The number of piperidine rings is 1. The van der Waals surface area contributed by atoms with E-state index < -0.39 is 0 Å². The SMILES string of the molecule is C1CC[C@@H](c2nc(C3CCCC3)no2)NC1. The molecule has 1 atom stereocenters. The van der Waals surface area contributed by atoms with Crippen molar-refractivity contribution in [2.75, 3.05) is 6.54 Å². The van der Waals surface area contributed by atoms with Crippen molar-refractivity contribution in [3.8, 4) is 0 Å². The molecule has 88 valence electrons. The van der Waals surface area contributed by atoms with E-state index in [0.29, 0.717) is 12.0 Å². The van der Waals surface area contributed by atoms with E-state index in [0.717, 1.165) is 24.7 Å². The summed E-state index contributed by atoms with van der Waals surface area (Å²) in [5.41, 5.74) is 0. The Morgan fingerprint density at radius 2 is 1.88 bits per heavy atom. The van der Waals surface area contributed by atoms with Gasteiger partial charge in [0.05, 0.1) is 6.04 Å². The summed E-state index contributed by atoms with van der Waals surface area (Å²) in [7, 11) is 0. The van der Waals surface area contributed by atoms with E-state index >= 15 is 0 Å². The van der Waals surface area contributed by atoms with Gasteiger partial charge in [0.2, 0.25) is 5.89 Å². The lowest BCUT2D eigenvalue weighted by molar-refractivity contribution is 0.295. The second-order valence-corrected chi connectivity index (χ2v) is 4.97. The number of rotatable bonds is 2. The molecule has 2 aliphatic rings. The number of hydrogen-bond donors (Lipinski definition) is 1. The van der Waals surface area contributed by atoms with Crippen LogP contribution in [0, 0.1) is 0 Å². The van der Waals surface area contributed by atoms with Crippen molar-refractivity contribution >= 4 is 0 Å². The zero-order valence-corrected chi connectivity index (χ0v) is 9.61. The molecule has 1 aliphatic heterocycles. The van der Waals surface area contributed by atoms with E-state index in [1.54, 1.807) is 0 Å². The van der Waals surface area contributed by atoms with Crippen LogP contribution in [0.1, 0.15) is 68.6 Å². The van der Waals surface area contributed by atoms with Crippen molar-refractivity contribution in [3.05, 3.63) is 11.7 Å². The smallest absolute Gasteiger partial charge is 0.243 e. The second kappa shape index (κ2) is 4.53. The molecule has 0 spiro atoms. The van der Waals surface area contributed by atoms with Crippen molar-refractivity contribution in [1.29, 1.82) is 0 Å². The molecule has 4 nitrogen and oxygen atoms in total. The topological polar surface area (TPSA) is 51.0 Å². The van der Waals surface area contributed by atoms with Gasteiger partial charge in [-0.3, -0.25) is 0 Å². The Bertz CT molecular complexity index is 338. The Labute approximate surface area is 95.8 Å². The molecule has 2 heterocycles. The first kappa shape index (κ1) is 10.3. The van der Waals surface area contributed by atoms with E-state index in [1.807, 2.05) is 0 Å². The van der Waals surface area contributed by atoms with Crippen molar-refractivity contribution in [3.63, 3.8) is 0 Å². The minimum atomic E-state index is 0.302. The quantitative estimate of drug-likeness (QED) is 0.833. The minimum absolute atomic E-state index is 0.302. The van der Waals surface area contributed by atoms with Gasteiger partial charge in [0.25, 0.3) is 0 Å². The van der Waals surface area contributed by atoms with Crippen LogP contribution in [0.25, 0.3) is 0 Å². The highest BCUT2D eigenvalue weighted by Crippen LogP contribution is 2.33. The number of aromatic nitrogens is 2. The van der Waals surface area contributed by atoms with Gasteiger partial charge in [0.15, 0.2) is 5.82 Å². The zero-order valence-electron chi connectivity index (χ0n) is 9.61. The molecule has 1 saturated carbocycles. The van der Waals surface area contributed by atoms with Crippen LogP contribution in [-0.2, 0) is 0 Å². The molecular formula is C12H19N3O. The summed E-state index contributed by atoms with van der Waals surface area (Å²) in [5, 5.41) is 7.59. The maximum Gasteiger partial charge on any atom is 0.243 e. The lowest BCUT2D eigenvalue weighted by Crippen LogP contribution is -2.27. The molecule has 0 aromatic carbocycles. The molecule has 0 bridgehead atoms. The van der Waals surface area contributed by atoms with E-state index in [1.165, 1.54) is 38.5 Å². The molecule has 1 N–H and O–H groups in total. The third kappa shape index (κ3) is 1.98. The maximum atomic E-state index is 5.39. The van der Waals surface area contributed by atoms with E-state index in [9.17, 15) is 0 Å². The van der Waals surface area contributed by atoms with Crippen molar-refractivity contribution in [2.45, 2.75) is 56.9 Å². The van der Waals surface area contributed by atoms with Gasteiger partial charge in [-0.15, -0.1) is 0 Å². The van der Waals surface area contributed by atoms with Gasteiger partial charge in [-0.1, -0.05) is 24.4 Å². The van der Waals surface area contributed by atoms with E-state index in [2.05, 4.69) is 15.5 Å². The van der Waals surface area contributed by atoms with Crippen molar-refractivity contribution in [1.82, 2.24) is 15.5 Å². The molecule has 1 aromatic heterocycles. The highest BCUT2D eigenvalue weighted by molar-refractivity contribution is 5.00. The van der Waals surface area contributed by atoms with Crippen LogP contribution in [0.5, 0.6) is 0 Å². The Balaban J connectivity index is 1.71. The van der Waals surface area contributed by atoms with Gasteiger partial charge in [0.1, 0.15) is 0 Å². The largest absolute Gasteiger partial charge is 0.338 e. The molecule has 1 aliphatic carbocycles. The fourth-order valence-electron chi connectivity index (χ4n) is 2.80. The van der Waals surface area contributed by atoms with E-state index in [4.69, 9.17) is 4.52 Å². The van der Waals surface area contributed by atoms with Gasteiger partial charge in [-0.05, 0) is 32.2 Å². The first-order chi connectivity index (χ1) is 7.93. The molecule has 16 heavy (non-hydrogen) atoms. The fraction of sp³-hybridized carbons (Fsp3) is 0.833. The normalized spacial score (nSPS) is 27.4. The highest BCUT2D eigenvalue weighted by atomic mass is 16.5. The first-order valence-corrected chi connectivity index (χ1v) is 6.50. The molecule has 0 radical (unpaired) electrons. The van der Waals surface area contributed by atoms with Gasteiger partial charge >= 0.3 is 0 Å². The lowest BCUT2D eigenvalue weighted by atomic mass is 10.0. The predicted octanol–water partition coefficient (Wildman–Crippen LogP) is 2.54. The van der Waals surface area contributed by atoms with Crippen molar-refractivity contribution in [2.24, 2.45) is 0 Å². The average molecular weight is 221 g/mol. The number of hydrogen-bond acceptors (Lipinski definition) is 4. The van der Waals surface area contributed by atoms with Gasteiger partial charge in [-0.25, -0.2) is 0 Å². The molecular weight excluding hydrogens is 202 g/mol. The Hall–Kier alpha value is -0.900. The van der Waals surface area contributed by atoms with Gasteiger partial charge in [-0.2, -0.15) is 4.98 Å². The number of nitrogens with one attached hydrogen (secondary N) is 1.